The first-order chi connectivity index (χ1) is 13.3. The van der Waals surface area contributed by atoms with Crippen molar-refractivity contribution in [3.05, 3.63) is 70.9 Å². The monoisotopic (exact) mass is 375 g/mol. The summed E-state index contributed by atoms with van der Waals surface area (Å²) >= 11 is 0. The van der Waals surface area contributed by atoms with Gasteiger partial charge >= 0.3 is 0 Å². The molecule has 1 amide bonds. The minimum absolute atomic E-state index is 0.0937. The van der Waals surface area contributed by atoms with E-state index in [0.717, 1.165) is 23.4 Å². The van der Waals surface area contributed by atoms with E-state index in [1.165, 1.54) is 16.7 Å². The third kappa shape index (κ3) is 4.50. The second kappa shape index (κ2) is 8.42. The molecule has 2 aromatic carbocycles. The largest absolute Gasteiger partial charge is 0.351 e. The van der Waals surface area contributed by atoms with Crippen LogP contribution in [0.5, 0.6) is 0 Å². The van der Waals surface area contributed by atoms with E-state index in [0.29, 0.717) is 18.2 Å². The molecule has 0 aliphatic rings. The molecule has 0 saturated heterocycles. The second-order valence-corrected chi connectivity index (χ2v) is 7.90. The van der Waals surface area contributed by atoms with Crippen molar-refractivity contribution in [2.45, 2.75) is 41.0 Å². The Hall–Kier alpha value is -2.88. The zero-order valence-electron chi connectivity index (χ0n) is 17.4. The van der Waals surface area contributed by atoms with Gasteiger partial charge in [0.05, 0.1) is 11.4 Å². The number of aryl methyl sites for hydroxylation is 3. The minimum atomic E-state index is -0.0937. The van der Waals surface area contributed by atoms with Gasteiger partial charge in [0.15, 0.2) is 0 Å². The fourth-order valence-corrected chi connectivity index (χ4v) is 3.03. The van der Waals surface area contributed by atoms with Crippen molar-refractivity contribution in [3.8, 4) is 16.9 Å². The molecule has 0 saturated carbocycles. The maximum absolute atomic E-state index is 12.9. The summed E-state index contributed by atoms with van der Waals surface area (Å²) in [5.41, 5.74) is 6.89. The summed E-state index contributed by atoms with van der Waals surface area (Å²) in [5, 5.41) is 7.81. The Kier molecular flexibility index (Phi) is 5.98. The van der Waals surface area contributed by atoms with Crippen LogP contribution in [0, 0.1) is 26.7 Å². The lowest BCUT2D eigenvalue weighted by Crippen LogP contribution is -2.27. The van der Waals surface area contributed by atoms with Crippen LogP contribution in [0.2, 0.25) is 0 Å². The van der Waals surface area contributed by atoms with E-state index in [2.05, 4.69) is 51.2 Å². The Morgan fingerprint density at radius 3 is 2.36 bits per heavy atom. The van der Waals surface area contributed by atoms with E-state index in [1.807, 2.05) is 37.3 Å². The van der Waals surface area contributed by atoms with Gasteiger partial charge < -0.3 is 5.32 Å². The zero-order chi connectivity index (χ0) is 20.3. The first kappa shape index (κ1) is 19.9. The molecule has 0 fully saturated rings. The summed E-state index contributed by atoms with van der Waals surface area (Å²) in [6.45, 7) is 11.2. The van der Waals surface area contributed by atoms with Crippen LogP contribution in [0.1, 0.15) is 47.4 Å². The Bertz CT molecular complexity index is 968. The molecule has 0 atom stereocenters. The van der Waals surface area contributed by atoms with Gasteiger partial charge in [0, 0.05) is 12.1 Å². The third-order valence-corrected chi connectivity index (χ3v) is 5.03. The third-order valence-electron chi connectivity index (χ3n) is 5.03. The molecule has 0 unspecified atom stereocenters. The Balaban J connectivity index is 2.00. The first-order valence-electron chi connectivity index (χ1n) is 9.88. The number of carbonyl (C=O) groups excluding carboxylic acids is 1. The molecule has 0 radical (unpaired) electrons. The van der Waals surface area contributed by atoms with Crippen LogP contribution >= 0.6 is 0 Å². The van der Waals surface area contributed by atoms with Crippen LogP contribution in [-0.4, -0.2) is 22.2 Å². The molecule has 1 aromatic heterocycles. The maximum Gasteiger partial charge on any atom is 0.270 e. The van der Waals surface area contributed by atoms with Crippen molar-refractivity contribution in [3.63, 3.8) is 0 Å². The van der Waals surface area contributed by atoms with Gasteiger partial charge in [-0.25, -0.2) is 4.68 Å². The van der Waals surface area contributed by atoms with E-state index < -0.39 is 0 Å². The van der Waals surface area contributed by atoms with Crippen molar-refractivity contribution in [2.24, 2.45) is 5.92 Å². The van der Waals surface area contributed by atoms with E-state index in [-0.39, 0.29) is 5.91 Å². The van der Waals surface area contributed by atoms with Gasteiger partial charge in [0.25, 0.3) is 5.91 Å². The Labute approximate surface area is 167 Å². The van der Waals surface area contributed by atoms with Crippen LogP contribution in [-0.2, 0) is 0 Å². The normalized spacial score (nSPS) is 11.1. The van der Waals surface area contributed by atoms with E-state index in [9.17, 15) is 4.79 Å². The van der Waals surface area contributed by atoms with Crippen LogP contribution in [0.15, 0.2) is 48.5 Å². The SMILES string of the molecule is Cc1ccc(-n2nc(-c3ccc(C)c(C)c3)cc2C(=O)NCCC(C)C)cc1. The second-order valence-electron chi connectivity index (χ2n) is 7.90. The number of rotatable bonds is 6. The van der Waals surface area contributed by atoms with Crippen molar-refractivity contribution in [1.29, 1.82) is 0 Å². The van der Waals surface area contributed by atoms with Crippen LogP contribution in [0.25, 0.3) is 16.9 Å². The summed E-state index contributed by atoms with van der Waals surface area (Å²) in [6, 6.07) is 16.2. The van der Waals surface area contributed by atoms with Crippen molar-refractivity contribution in [2.75, 3.05) is 6.54 Å². The van der Waals surface area contributed by atoms with E-state index in [1.54, 1.807) is 4.68 Å². The van der Waals surface area contributed by atoms with Gasteiger partial charge in [-0.2, -0.15) is 5.10 Å². The molecule has 146 valence electrons. The summed E-state index contributed by atoms with van der Waals surface area (Å²) in [6.07, 6.45) is 0.953. The Morgan fingerprint density at radius 2 is 1.71 bits per heavy atom. The standard InChI is InChI=1S/C24H29N3O/c1-16(2)12-13-25-24(28)23-15-22(20-9-8-18(4)19(5)14-20)26-27(23)21-10-6-17(3)7-11-21/h6-11,14-16H,12-13H2,1-5H3,(H,25,28). The number of nitrogens with zero attached hydrogens (tertiary/aromatic N) is 2. The highest BCUT2D eigenvalue weighted by Gasteiger charge is 2.18. The highest BCUT2D eigenvalue weighted by Crippen LogP contribution is 2.24. The van der Waals surface area contributed by atoms with E-state index >= 15 is 0 Å². The molecule has 0 aliphatic carbocycles. The molecule has 3 rings (SSSR count). The van der Waals surface area contributed by atoms with Gasteiger partial charge in [0.1, 0.15) is 5.69 Å². The number of hydrogen-bond acceptors (Lipinski definition) is 2. The smallest absolute Gasteiger partial charge is 0.270 e. The molecule has 0 aliphatic heterocycles. The van der Waals surface area contributed by atoms with Crippen LogP contribution in [0.3, 0.4) is 0 Å². The van der Waals surface area contributed by atoms with Gasteiger partial charge in [-0.15, -0.1) is 0 Å². The van der Waals surface area contributed by atoms with Crippen LogP contribution < -0.4 is 5.32 Å². The number of nitrogens with one attached hydrogen (secondary N) is 1. The van der Waals surface area contributed by atoms with Gasteiger partial charge in [0.2, 0.25) is 0 Å². The summed E-state index contributed by atoms with van der Waals surface area (Å²) in [7, 11) is 0. The van der Waals surface area contributed by atoms with Crippen molar-refractivity contribution in [1.82, 2.24) is 15.1 Å². The summed E-state index contributed by atoms with van der Waals surface area (Å²) in [5.74, 6) is 0.456. The molecule has 0 bridgehead atoms. The molecule has 3 aromatic rings. The average Bonchev–Trinajstić information content (AvgIpc) is 3.09. The van der Waals surface area contributed by atoms with E-state index in [4.69, 9.17) is 5.10 Å². The number of amides is 1. The first-order valence-corrected chi connectivity index (χ1v) is 9.88. The highest BCUT2D eigenvalue weighted by atomic mass is 16.2. The predicted molar refractivity (Wildman–Crippen MR) is 115 cm³/mol. The summed E-state index contributed by atoms with van der Waals surface area (Å²) in [4.78, 5) is 12.9. The number of benzene rings is 2. The number of carbonyl (C=O) groups is 1. The predicted octanol–water partition coefficient (Wildman–Crippen LogP) is 5.24. The molecule has 28 heavy (non-hydrogen) atoms. The minimum Gasteiger partial charge on any atom is -0.351 e. The lowest BCUT2D eigenvalue weighted by atomic mass is 10.0. The molecular weight excluding hydrogens is 346 g/mol. The fourth-order valence-electron chi connectivity index (χ4n) is 3.03. The fraction of sp³-hybridized carbons (Fsp3) is 0.333. The zero-order valence-corrected chi connectivity index (χ0v) is 17.4. The van der Waals surface area contributed by atoms with Gasteiger partial charge in [-0.3, -0.25) is 4.79 Å². The quantitative estimate of drug-likeness (QED) is 0.640. The lowest BCUT2D eigenvalue weighted by molar-refractivity contribution is 0.0944. The van der Waals surface area contributed by atoms with Crippen LogP contribution in [0.4, 0.5) is 0 Å². The lowest BCUT2D eigenvalue weighted by Gasteiger charge is -2.09. The Morgan fingerprint density at radius 1 is 1.00 bits per heavy atom. The molecule has 0 spiro atoms. The molecule has 1 heterocycles. The molecule has 4 nitrogen and oxygen atoms in total. The van der Waals surface area contributed by atoms with Gasteiger partial charge in [-0.05, 0) is 68.5 Å². The number of hydrogen-bond donors (Lipinski definition) is 1. The molecule has 4 heteroatoms. The molecular formula is C24H29N3O. The summed E-state index contributed by atoms with van der Waals surface area (Å²) < 4.78 is 1.74. The number of aromatic nitrogens is 2. The molecule has 1 N–H and O–H groups in total. The van der Waals surface area contributed by atoms with Crippen molar-refractivity contribution < 1.29 is 4.79 Å². The van der Waals surface area contributed by atoms with Gasteiger partial charge in [-0.1, -0.05) is 43.7 Å². The average molecular weight is 376 g/mol. The highest BCUT2D eigenvalue weighted by molar-refractivity contribution is 5.94. The van der Waals surface area contributed by atoms with Crippen molar-refractivity contribution >= 4 is 5.91 Å². The maximum atomic E-state index is 12.9. The topological polar surface area (TPSA) is 46.9 Å².